The smallest absolute Gasteiger partial charge is 0.181 e. The van der Waals surface area contributed by atoms with Crippen LogP contribution < -0.4 is 0 Å². The lowest BCUT2D eigenvalue weighted by molar-refractivity contribution is 0.734. The fraction of sp³-hybridized carbons (Fsp3) is 0.143. The van der Waals surface area contributed by atoms with Gasteiger partial charge in [-0.05, 0) is 0 Å². The molecule has 2 rings (SSSR count). The van der Waals surface area contributed by atoms with Gasteiger partial charge >= 0.3 is 0 Å². The highest BCUT2D eigenvalue weighted by Gasteiger charge is 2.16. The summed E-state index contributed by atoms with van der Waals surface area (Å²) in [4.78, 5) is 12.6. The van der Waals surface area contributed by atoms with E-state index in [2.05, 4.69) is 20.8 Å². The molecule has 1 aliphatic heterocycles. The predicted octanol–water partition coefficient (Wildman–Crippen LogP) is 0.604. The zero-order valence-electron chi connectivity index (χ0n) is 6.50. The average Bonchev–Trinajstić information content (AvgIpc) is 2.52. The molecule has 2 heterocycles. The summed E-state index contributed by atoms with van der Waals surface area (Å²) in [5.74, 6) is 2.94. The van der Waals surface area contributed by atoms with Crippen LogP contribution in [0.5, 0.6) is 0 Å². The SMILES string of the molecule is CN1C=Nc2nc[nH]c2C1=C=N. The first-order chi connectivity index (χ1) is 5.83. The molecule has 1 aromatic heterocycles. The van der Waals surface area contributed by atoms with Crippen molar-refractivity contribution in [3.8, 4) is 0 Å². The lowest BCUT2D eigenvalue weighted by Crippen LogP contribution is -2.17. The van der Waals surface area contributed by atoms with Gasteiger partial charge in [-0.2, -0.15) is 0 Å². The second kappa shape index (κ2) is 2.32. The number of nitrogens with one attached hydrogen (secondary N) is 2. The molecule has 1 aromatic rings. The Balaban J connectivity index is 2.65. The molecule has 0 aliphatic carbocycles. The van der Waals surface area contributed by atoms with Crippen molar-refractivity contribution in [3.63, 3.8) is 0 Å². The highest BCUT2D eigenvalue weighted by Crippen LogP contribution is 2.25. The van der Waals surface area contributed by atoms with E-state index in [1.807, 2.05) is 7.05 Å². The fourth-order valence-electron chi connectivity index (χ4n) is 1.09. The molecular formula is C7H7N5. The molecule has 0 spiro atoms. The largest absolute Gasteiger partial charge is 0.341 e. The summed E-state index contributed by atoms with van der Waals surface area (Å²) in [6.07, 6.45) is 3.17. The Kier molecular flexibility index (Phi) is 1.32. The molecular weight excluding hydrogens is 154 g/mol. The van der Waals surface area contributed by atoms with Crippen molar-refractivity contribution in [2.45, 2.75) is 0 Å². The van der Waals surface area contributed by atoms with Crippen LogP contribution in [0.4, 0.5) is 5.82 Å². The summed E-state index contributed by atoms with van der Waals surface area (Å²) in [6.45, 7) is 0. The van der Waals surface area contributed by atoms with E-state index in [9.17, 15) is 0 Å². The molecule has 5 heteroatoms. The molecule has 0 fully saturated rings. The van der Waals surface area contributed by atoms with Gasteiger partial charge in [0.25, 0.3) is 0 Å². The standard InChI is InChI=1S/C7H7N5/c1-12-4-11-7-6(5(12)2-8)9-3-10-7/h3-4,8H,1H3,(H,9,10). The number of hydrogen-bond donors (Lipinski definition) is 2. The Morgan fingerprint density at radius 3 is 3.25 bits per heavy atom. The van der Waals surface area contributed by atoms with Crippen molar-refractivity contribution in [1.82, 2.24) is 14.9 Å². The molecule has 5 nitrogen and oxygen atoms in total. The highest BCUT2D eigenvalue weighted by atomic mass is 15.2. The van der Waals surface area contributed by atoms with Crippen LogP contribution in [-0.2, 0) is 0 Å². The Morgan fingerprint density at radius 2 is 2.50 bits per heavy atom. The minimum atomic E-state index is 0.614. The van der Waals surface area contributed by atoms with Gasteiger partial charge in [-0.3, -0.25) is 5.41 Å². The van der Waals surface area contributed by atoms with Gasteiger partial charge < -0.3 is 9.88 Å². The molecule has 12 heavy (non-hydrogen) atoms. The molecule has 0 saturated carbocycles. The second-order valence-electron chi connectivity index (χ2n) is 2.43. The van der Waals surface area contributed by atoms with Crippen LogP contribution in [0.1, 0.15) is 5.69 Å². The number of aromatic nitrogens is 2. The predicted molar refractivity (Wildman–Crippen MR) is 45.6 cm³/mol. The van der Waals surface area contributed by atoms with Crippen LogP contribution in [0.3, 0.4) is 0 Å². The number of aliphatic imine (C=N–C) groups is 1. The molecule has 0 radical (unpaired) electrons. The van der Waals surface area contributed by atoms with Crippen LogP contribution >= 0.6 is 0 Å². The third-order valence-electron chi connectivity index (χ3n) is 1.68. The van der Waals surface area contributed by atoms with E-state index in [-0.39, 0.29) is 0 Å². The van der Waals surface area contributed by atoms with Crippen LogP contribution in [-0.4, -0.2) is 34.1 Å². The summed E-state index contributed by atoms with van der Waals surface area (Å²) in [7, 11) is 1.81. The number of fused-ring (bicyclic) bond motifs is 1. The lowest BCUT2D eigenvalue weighted by Gasteiger charge is -2.17. The second-order valence-corrected chi connectivity index (χ2v) is 2.43. The summed E-state index contributed by atoms with van der Waals surface area (Å²) < 4.78 is 0. The zero-order chi connectivity index (χ0) is 8.55. The van der Waals surface area contributed by atoms with Gasteiger partial charge in [0.1, 0.15) is 11.4 Å². The maximum Gasteiger partial charge on any atom is 0.181 e. The normalized spacial score (nSPS) is 14.4. The molecule has 0 bridgehead atoms. The summed E-state index contributed by atoms with van der Waals surface area (Å²) in [5, 5.41) is 7.06. The van der Waals surface area contributed by atoms with Crippen molar-refractivity contribution < 1.29 is 0 Å². The number of nitrogens with zero attached hydrogens (tertiary/aromatic N) is 3. The first-order valence-corrected chi connectivity index (χ1v) is 3.43. The monoisotopic (exact) mass is 161 g/mol. The number of aromatic amines is 1. The van der Waals surface area contributed by atoms with E-state index in [4.69, 9.17) is 5.41 Å². The third kappa shape index (κ3) is 0.773. The van der Waals surface area contributed by atoms with E-state index in [1.54, 1.807) is 17.6 Å². The maximum atomic E-state index is 7.06. The van der Waals surface area contributed by atoms with Crippen LogP contribution in [0.2, 0.25) is 0 Å². The Bertz CT molecular complexity index is 382. The van der Waals surface area contributed by atoms with E-state index in [1.165, 1.54) is 0 Å². The maximum absolute atomic E-state index is 7.06. The topological polar surface area (TPSA) is 68.1 Å². The van der Waals surface area contributed by atoms with Crippen LogP contribution in [0.15, 0.2) is 11.3 Å². The van der Waals surface area contributed by atoms with E-state index in [0.29, 0.717) is 11.5 Å². The van der Waals surface area contributed by atoms with Crippen LogP contribution in [0, 0.1) is 5.41 Å². The molecule has 0 aromatic carbocycles. The summed E-state index contributed by atoms with van der Waals surface area (Å²) >= 11 is 0. The molecule has 0 atom stereocenters. The van der Waals surface area contributed by atoms with E-state index in [0.717, 1.165) is 5.69 Å². The molecule has 0 saturated heterocycles. The summed E-state index contributed by atoms with van der Waals surface area (Å²) in [6, 6.07) is 0. The Labute approximate surface area is 69.0 Å². The molecule has 1 aliphatic rings. The highest BCUT2D eigenvalue weighted by molar-refractivity contribution is 5.96. The van der Waals surface area contributed by atoms with E-state index < -0.39 is 0 Å². The van der Waals surface area contributed by atoms with Crippen molar-refractivity contribution in [2.24, 2.45) is 4.99 Å². The average molecular weight is 161 g/mol. The van der Waals surface area contributed by atoms with Crippen molar-refractivity contribution in [2.75, 3.05) is 7.05 Å². The van der Waals surface area contributed by atoms with Gasteiger partial charge in [0.2, 0.25) is 0 Å². The van der Waals surface area contributed by atoms with Gasteiger partial charge in [-0.1, -0.05) is 0 Å². The van der Waals surface area contributed by atoms with Crippen molar-refractivity contribution in [3.05, 3.63) is 12.0 Å². The molecule has 2 N–H and O–H groups in total. The number of imidazole rings is 1. The lowest BCUT2D eigenvalue weighted by atomic mass is 10.3. The van der Waals surface area contributed by atoms with Crippen LogP contribution in [0.25, 0.3) is 5.70 Å². The molecule has 0 amide bonds. The molecule has 60 valence electrons. The fourth-order valence-corrected chi connectivity index (χ4v) is 1.09. The number of rotatable bonds is 0. The van der Waals surface area contributed by atoms with Gasteiger partial charge in [-0.15, -0.1) is 0 Å². The minimum Gasteiger partial charge on any atom is -0.341 e. The quantitative estimate of drug-likeness (QED) is 0.547. The first kappa shape index (κ1) is 6.82. The Hall–Kier alpha value is -1.87. The molecule has 0 unspecified atom stereocenters. The van der Waals surface area contributed by atoms with E-state index >= 15 is 0 Å². The van der Waals surface area contributed by atoms with Gasteiger partial charge in [0.05, 0.1) is 12.7 Å². The van der Waals surface area contributed by atoms with Gasteiger partial charge in [0, 0.05) is 12.9 Å². The van der Waals surface area contributed by atoms with Crippen molar-refractivity contribution >= 4 is 23.7 Å². The number of H-pyrrole nitrogens is 1. The third-order valence-corrected chi connectivity index (χ3v) is 1.68. The van der Waals surface area contributed by atoms with Gasteiger partial charge in [-0.25, -0.2) is 9.98 Å². The van der Waals surface area contributed by atoms with Gasteiger partial charge in [0.15, 0.2) is 5.82 Å². The van der Waals surface area contributed by atoms with Crippen molar-refractivity contribution in [1.29, 1.82) is 5.41 Å². The number of hydrogen-bond acceptors (Lipinski definition) is 4. The minimum absolute atomic E-state index is 0.614. The zero-order valence-corrected chi connectivity index (χ0v) is 6.50. The first-order valence-electron chi connectivity index (χ1n) is 3.43. The Morgan fingerprint density at radius 1 is 1.67 bits per heavy atom. The summed E-state index contributed by atoms with van der Waals surface area (Å²) in [5.41, 5.74) is 1.40.